The zero-order valence-electron chi connectivity index (χ0n) is 12.2. The molecule has 0 aliphatic rings. The summed E-state index contributed by atoms with van der Waals surface area (Å²) in [7, 11) is 0. The predicted octanol–water partition coefficient (Wildman–Crippen LogP) is 3.10. The molecule has 0 aliphatic heterocycles. The van der Waals surface area contributed by atoms with Gasteiger partial charge in [0.05, 0.1) is 5.69 Å². The number of aryl methyl sites for hydroxylation is 2. The highest BCUT2D eigenvalue weighted by atomic mass is 79.9. The molecule has 22 heavy (non-hydrogen) atoms. The number of rotatable bonds is 5. The Morgan fingerprint density at radius 2 is 2.18 bits per heavy atom. The van der Waals surface area contributed by atoms with Crippen molar-refractivity contribution in [2.24, 2.45) is 0 Å². The molecule has 0 unspecified atom stereocenters. The third-order valence-corrected chi connectivity index (χ3v) is 3.41. The zero-order chi connectivity index (χ0) is 16.1. The Hall–Kier alpha value is -2.15. The molecule has 0 bridgehead atoms. The van der Waals surface area contributed by atoms with Gasteiger partial charge in [0.1, 0.15) is 11.3 Å². The third kappa shape index (κ3) is 3.94. The summed E-state index contributed by atoms with van der Waals surface area (Å²) in [4.78, 5) is 23.8. The lowest BCUT2D eigenvalue weighted by molar-refractivity contribution is -0.119. The standard InChI is InChI=1S/C15H15BrN2O4/c1-3-12-14(9(2)22-18-12)15(20)21-8-13(19)17-11-6-4-5-10(16)7-11/h4-7H,3,8H2,1-2H3,(H,17,19). The Morgan fingerprint density at radius 3 is 2.86 bits per heavy atom. The molecule has 0 aliphatic carbocycles. The van der Waals surface area contributed by atoms with Crippen molar-refractivity contribution in [2.45, 2.75) is 20.3 Å². The van der Waals surface area contributed by atoms with E-state index in [9.17, 15) is 9.59 Å². The minimum Gasteiger partial charge on any atom is -0.452 e. The first-order valence-electron chi connectivity index (χ1n) is 6.69. The molecular weight excluding hydrogens is 352 g/mol. The van der Waals surface area contributed by atoms with Crippen LogP contribution in [-0.4, -0.2) is 23.6 Å². The average Bonchev–Trinajstić information content (AvgIpc) is 2.86. The van der Waals surface area contributed by atoms with Crippen molar-refractivity contribution in [1.29, 1.82) is 0 Å². The summed E-state index contributed by atoms with van der Waals surface area (Å²) in [5.74, 6) is -0.646. The third-order valence-electron chi connectivity index (χ3n) is 2.92. The normalized spacial score (nSPS) is 10.3. The first-order valence-corrected chi connectivity index (χ1v) is 7.48. The Bertz CT molecular complexity index is 697. The highest BCUT2D eigenvalue weighted by molar-refractivity contribution is 9.10. The van der Waals surface area contributed by atoms with Crippen molar-refractivity contribution in [3.8, 4) is 0 Å². The SMILES string of the molecule is CCc1noc(C)c1C(=O)OCC(=O)Nc1cccc(Br)c1. The highest BCUT2D eigenvalue weighted by Crippen LogP contribution is 2.16. The van der Waals surface area contributed by atoms with Crippen molar-refractivity contribution in [3.05, 3.63) is 45.8 Å². The van der Waals surface area contributed by atoms with E-state index in [0.717, 1.165) is 4.47 Å². The van der Waals surface area contributed by atoms with Crippen LogP contribution in [0.15, 0.2) is 33.3 Å². The molecular formula is C15H15BrN2O4. The average molecular weight is 367 g/mol. The van der Waals surface area contributed by atoms with Crippen molar-refractivity contribution in [3.63, 3.8) is 0 Å². The number of nitrogens with zero attached hydrogens (tertiary/aromatic N) is 1. The van der Waals surface area contributed by atoms with Gasteiger partial charge >= 0.3 is 5.97 Å². The number of aromatic nitrogens is 1. The van der Waals surface area contributed by atoms with Gasteiger partial charge in [-0.05, 0) is 31.5 Å². The van der Waals surface area contributed by atoms with Gasteiger partial charge in [-0.2, -0.15) is 0 Å². The predicted molar refractivity (Wildman–Crippen MR) is 83.7 cm³/mol. The molecule has 116 valence electrons. The van der Waals surface area contributed by atoms with Gasteiger partial charge in [0.15, 0.2) is 6.61 Å². The van der Waals surface area contributed by atoms with Crippen LogP contribution in [0.3, 0.4) is 0 Å². The first-order chi connectivity index (χ1) is 10.5. The molecule has 0 saturated carbocycles. The summed E-state index contributed by atoms with van der Waals surface area (Å²) in [6.07, 6.45) is 0.548. The van der Waals surface area contributed by atoms with Crippen LogP contribution in [0.1, 0.15) is 28.7 Å². The number of anilines is 1. The quantitative estimate of drug-likeness (QED) is 0.822. The lowest BCUT2D eigenvalue weighted by atomic mass is 10.1. The number of hydrogen-bond donors (Lipinski definition) is 1. The molecule has 6 nitrogen and oxygen atoms in total. The van der Waals surface area contributed by atoms with Gasteiger partial charge < -0.3 is 14.6 Å². The van der Waals surface area contributed by atoms with E-state index < -0.39 is 11.9 Å². The van der Waals surface area contributed by atoms with Gasteiger partial charge in [-0.15, -0.1) is 0 Å². The number of nitrogens with one attached hydrogen (secondary N) is 1. The van der Waals surface area contributed by atoms with E-state index in [1.165, 1.54) is 0 Å². The van der Waals surface area contributed by atoms with E-state index in [1.54, 1.807) is 25.1 Å². The number of esters is 1. The topological polar surface area (TPSA) is 81.4 Å². The van der Waals surface area contributed by atoms with Crippen LogP contribution in [0.5, 0.6) is 0 Å². The molecule has 1 aromatic heterocycles. The minimum atomic E-state index is -0.611. The van der Waals surface area contributed by atoms with Crippen LogP contribution >= 0.6 is 15.9 Å². The molecule has 0 atom stereocenters. The van der Waals surface area contributed by atoms with Gasteiger partial charge in [-0.1, -0.05) is 34.1 Å². The lowest BCUT2D eigenvalue weighted by Crippen LogP contribution is -2.21. The summed E-state index contributed by atoms with van der Waals surface area (Å²) >= 11 is 3.31. The maximum atomic E-state index is 12.0. The van der Waals surface area contributed by atoms with E-state index in [-0.39, 0.29) is 12.2 Å². The van der Waals surface area contributed by atoms with E-state index in [1.807, 2.05) is 13.0 Å². The molecule has 2 rings (SSSR count). The van der Waals surface area contributed by atoms with E-state index in [4.69, 9.17) is 9.26 Å². The first kappa shape index (κ1) is 16.2. The molecule has 0 spiro atoms. The number of hydrogen-bond acceptors (Lipinski definition) is 5. The number of carbonyl (C=O) groups excluding carboxylic acids is 2. The minimum absolute atomic E-state index is 0.290. The van der Waals surface area contributed by atoms with Crippen molar-refractivity contribution >= 4 is 33.5 Å². The van der Waals surface area contributed by atoms with Gasteiger partial charge in [-0.3, -0.25) is 4.79 Å². The van der Waals surface area contributed by atoms with Gasteiger partial charge in [-0.25, -0.2) is 4.79 Å². The fraction of sp³-hybridized carbons (Fsp3) is 0.267. The summed E-state index contributed by atoms with van der Waals surface area (Å²) in [6, 6.07) is 7.12. The number of carbonyl (C=O) groups is 2. The fourth-order valence-electron chi connectivity index (χ4n) is 1.89. The van der Waals surface area contributed by atoms with Gasteiger partial charge in [0.25, 0.3) is 5.91 Å². The summed E-state index contributed by atoms with van der Waals surface area (Å²) in [5, 5.41) is 6.42. The van der Waals surface area contributed by atoms with Crippen LogP contribution in [0.2, 0.25) is 0 Å². The van der Waals surface area contributed by atoms with Crippen LogP contribution in [0, 0.1) is 6.92 Å². The molecule has 2 aromatic rings. The molecule has 1 N–H and O–H groups in total. The van der Waals surface area contributed by atoms with Crippen molar-refractivity contribution < 1.29 is 18.8 Å². The zero-order valence-corrected chi connectivity index (χ0v) is 13.8. The monoisotopic (exact) mass is 366 g/mol. The number of amides is 1. The molecule has 0 saturated heterocycles. The second kappa shape index (κ2) is 7.22. The second-order valence-electron chi connectivity index (χ2n) is 4.55. The number of benzene rings is 1. The Balaban J connectivity index is 1.93. The van der Waals surface area contributed by atoms with Crippen LogP contribution in [-0.2, 0) is 16.0 Å². The molecule has 7 heteroatoms. The highest BCUT2D eigenvalue weighted by Gasteiger charge is 2.21. The Kier molecular flexibility index (Phi) is 5.32. The van der Waals surface area contributed by atoms with Gasteiger partial charge in [0.2, 0.25) is 0 Å². The summed E-state index contributed by atoms with van der Waals surface area (Å²) in [5.41, 5.74) is 1.43. The summed E-state index contributed by atoms with van der Waals surface area (Å²) < 4.78 is 10.8. The maximum absolute atomic E-state index is 12.0. The lowest BCUT2D eigenvalue weighted by Gasteiger charge is -2.07. The fourth-order valence-corrected chi connectivity index (χ4v) is 2.29. The Labute approximate surface area is 135 Å². The van der Waals surface area contributed by atoms with Crippen LogP contribution < -0.4 is 5.32 Å². The smallest absolute Gasteiger partial charge is 0.344 e. The molecule has 0 fully saturated rings. The molecule has 0 radical (unpaired) electrons. The molecule has 1 amide bonds. The second-order valence-corrected chi connectivity index (χ2v) is 5.46. The van der Waals surface area contributed by atoms with Crippen LogP contribution in [0.4, 0.5) is 5.69 Å². The molecule has 1 aromatic carbocycles. The van der Waals surface area contributed by atoms with Crippen molar-refractivity contribution in [2.75, 3.05) is 11.9 Å². The van der Waals surface area contributed by atoms with Crippen molar-refractivity contribution in [1.82, 2.24) is 5.16 Å². The van der Waals surface area contributed by atoms with E-state index >= 15 is 0 Å². The largest absolute Gasteiger partial charge is 0.452 e. The summed E-state index contributed by atoms with van der Waals surface area (Å²) in [6.45, 7) is 3.11. The number of halogens is 1. The Morgan fingerprint density at radius 1 is 1.41 bits per heavy atom. The van der Waals surface area contributed by atoms with Gasteiger partial charge in [0, 0.05) is 10.2 Å². The van der Waals surface area contributed by atoms with E-state index in [2.05, 4.69) is 26.4 Å². The molecule has 1 heterocycles. The van der Waals surface area contributed by atoms with Crippen LogP contribution in [0.25, 0.3) is 0 Å². The number of ether oxygens (including phenoxy) is 1. The van der Waals surface area contributed by atoms with E-state index in [0.29, 0.717) is 23.6 Å². The maximum Gasteiger partial charge on any atom is 0.344 e.